The van der Waals surface area contributed by atoms with E-state index >= 15 is 0 Å². The monoisotopic (exact) mass is 208 g/mol. The smallest absolute Gasteiger partial charge is 0.316 e. The molecule has 1 atom stereocenters. The second kappa shape index (κ2) is 6.81. The zero-order valence-corrected chi connectivity index (χ0v) is 8.93. The predicted molar refractivity (Wildman–Crippen MR) is 57.5 cm³/mol. The van der Waals surface area contributed by atoms with Gasteiger partial charge in [0.1, 0.15) is 12.7 Å². The second-order valence-electron chi connectivity index (χ2n) is 3.06. The van der Waals surface area contributed by atoms with Gasteiger partial charge in [-0.2, -0.15) is 0 Å². The molecule has 4 heteroatoms. The topological polar surface area (TPSA) is 44.2 Å². The average molecular weight is 208 g/mol. The standard InChI is InChI=1S/C11H16N2O2/c1-3-6-10(14-4-2)9-15-11-12-7-5-8-13-11/h4-5,7-8,10H,2-3,6,9H2,1H3. The highest BCUT2D eigenvalue weighted by atomic mass is 16.5. The molecule has 4 nitrogen and oxygen atoms in total. The Bertz CT molecular complexity index is 277. The number of hydrogen-bond donors (Lipinski definition) is 0. The van der Waals surface area contributed by atoms with Crippen molar-refractivity contribution in [1.29, 1.82) is 0 Å². The van der Waals surface area contributed by atoms with Crippen LogP contribution in [0.25, 0.3) is 0 Å². The minimum absolute atomic E-state index is 0.0244. The molecule has 0 aliphatic heterocycles. The third-order valence-corrected chi connectivity index (χ3v) is 1.84. The van der Waals surface area contributed by atoms with Crippen LogP contribution in [0.1, 0.15) is 19.8 Å². The molecule has 1 aromatic rings. The molecule has 1 aromatic heterocycles. The quantitative estimate of drug-likeness (QED) is 0.644. The van der Waals surface area contributed by atoms with Crippen LogP contribution in [-0.2, 0) is 4.74 Å². The third-order valence-electron chi connectivity index (χ3n) is 1.84. The molecule has 0 radical (unpaired) electrons. The van der Waals surface area contributed by atoms with E-state index in [9.17, 15) is 0 Å². The Morgan fingerprint density at radius 1 is 1.47 bits per heavy atom. The fourth-order valence-electron chi connectivity index (χ4n) is 1.18. The molecule has 0 N–H and O–H groups in total. The van der Waals surface area contributed by atoms with Crippen LogP contribution in [0.4, 0.5) is 0 Å². The number of aromatic nitrogens is 2. The first kappa shape index (κ1) is 11.5. The van der Waals surface area contributed by atoms with Crippen molar-refractivity contribution in [2.45, 2.75) is 25.9 Å². The van der Waals surface area contributed by atoms with E-state index in [0.29, 0.717) is 12.6 Å². The van der Waals surface area contributed by atoms with Gasteiger partial charge in [-0.05, 0) is 12.5 Å². The Hall–Kier alpha value is -1.58. The van der Waals surface area contributed by atoms with Gasteiger partial charge in [-0.25, -0.2) is 9.97 Å². The van der Waals surface area contributed by atoms with Gasteiger partial charge in [0.05, 0.1) is 6.26 Å². The Morgan fingerprint density at radius 3 is 2.80 bits per heavy atom. The van der Waals surface area contributed by atoms with Crippen molar-refractivity contribution in [3.05, 3.63) is 31.3 Å². The molecule has 0 bridgehead atoms. The summed E-state index contributed by atoms with van der Waals surface area (Å²) in [6, 6.07) is 2.13. The van der Waals surface area contributed by atoms with Crippen LogP contribution in [0, 0.1) is 0 Å². The molecule has 0 amide bonds. The molecule has 82 valence electrons. The van der Waals surface area contributed by atoms with Crippen molar-refractivity contribution >= 4 is 0 Å². The molecule has 0 aliphatic carbocycles. The lowest BCUT2D eigenvalue weighted by Crippen LogP contribution is -2.20. The van der Waals surface area contributed by atoms with Crippen LogP contribution >= 0.6 is 0 Å². The summed E-state index contributed by atoms with van der Waals surface area (Å²) in [7, 11) is 0. The highest BCUT2D eigenvalue weighted by molar-refractivity contribution is 4.93. The Morgan fingerprint density at radius 2 is 2.20 bits per heavy atom. The summed E-state index contributed by atoms with van der Waals surface area (Å²) in [4.78, 5) is 7.91. The van der Waals surface area contributed by atoms with Crippen molar-refractivity contribution in [2.24, 2.45) is 0 Å². The number of nitrogens with zero attached hydrogens (tertiary/aromatic N) is 2. The minimum atomic E-state index is 0.0244. The molecule has 15 heavy (non-hydrogen) atoms. The Balaban J connectivity index is 2.36. The molecular formula is C11H16N2O2. The zero-order valence-electron chi connectivity index (χ0n) is 8.93. The van der Waals surface area contributed by atoms with Gasteiger partial charge in [0.15, 0.2) is 0 Å². The molecular weight excluding hydrogens is 192 g/mol. The van der Waals surface area contributed by atoms with Crippen LogP contribution in [0.15, 0.2) is 31.3 Å². The maximum Gasteiger partial charge on any atom is 0.316 e. The van der Waals surface area contributed by atoms with Gasteiger partial charge < -0.3 is 9.47 Å². The van der Waals surface area contributed by atoms with E-state index in [2.05, 4.69) is 23.5 Å². The largest absolute Gasteiger partial charge is 0.495 e. The first-order chi connectivity index (χ1) is 7.36. The zero-order chi connectivity index (χ0) is 10.9. The maximum atomic E-state index is 5.38. The number of ether oxygens (including phenoxy) is 2. The van der Waals surface area contributed by atoms with Crippen LogP contribution in [0.3, 0.4) is 0 Å². The lowest BCUT2D eigenvalue weighted by molar-refractivity contribution is 0.0773. The molecule has 0 saturated heterocycles. The van der Waals surface area contributed by atoms with Crippen LogP contribution in [0.2, 0.25) is 0 Å². The predicted octanol–water partition coefficient (Wildman–Crippen LogP) is 2.18. The van der Waals surface area contributed by atoms with Crippen LogP contribution in [0.5, 0.6) is 6.01 Å². The first-order valence-corrected chi connectivity index (χ1v) is 5.03. The van der Waals surface area contributed by atoms with Crippen molar-refractivity contribution < 1.29 is 9.47 Å². The molecule has 0 spiro atoms. The maximum absolute atomic E-state index is 5.38. The van der Waals surface area contributed by atoms with Gasteiger partial charge in [0.25, 0.3) is 0 Å². The van der Waals surface area contributed by atoms with Gasteiger partial charge in [0, 0.05) is 12.4 Å². The van der Waals surface area contributed by atoms with E-state index in [-0.39, 0.29) is 6.10 Å². The lowest BCUT2D eigenvalue weighted by atomic mass is 10.2. The molecule has 0 aliphatic rings. The van der Waals surface area contributed by atoms with E-state index in [4.69, 9.17) is 9.47 Å². The number of rotatable bonds is 7. The summed E-state index contributed by atoms with van der Waals surface area (Å²) in [5.41, 5.74) is 0. The highest BCUT2D eigenvalue weighted by Crippen LogP contribution is 2.05. The van der Waals surface area contributed by atoms with E-state index in [1.54, 1.807) is 18.5 Å². The SMILES string of the molecule is C=COC(CCC)COc1ncccn1. The fraction of sp³-hybridized carbons (Fsp3) is 0.455. The van der Waals surface area contributed by atoms with Crippen molar-refractivity contribution in [2.75, 3.05) is 6.61 Å². The number of hydrogen-bond acceptors (Lipinski definition) is 4. The molecule has 0 aromatic carbocycles. The summed E-state index contributed by atoms with van der Waals surface area (Å²) in [5.74, 6) is 0. The molecule has 0 fully saturated rings. The normalized spacial score (nSPS) is 11.8. The van der Waals surface area contributed by atoms with Crippen LogP contribution < -0.4 is 4.74 Å². The van der Waals surface area contributed by atoms with E-state index in [0.717, 1.165) is 12.8 Å². The minimum Gasteiger partial charge on any atom is -0.495 e. The highest BCUT2D eigenvalue weighted by Gasteiger charge is 2.08. The molecule has 1 rings (SSSR count). The third kappa shape index (κ3) is 4.44. The van der Waals surface area contributed by atoms with Gasteiger partial charge in [-0.3, -0.25) is 0 Å². The lowest BCUT2D eigenvalue weighted by Gasteiger charge is -2.15. The summed E-state index contributed by atoms with van der Waals surface area (Å²) >= 11 is 0. The molecule has 0 saturated carbocycles. The van der Waals surface area contributed by atoms with Gasteiger partial charge in [-0.15, -0.1) is 0 Å². The molecule has 1 heterocycles. The van der Waals surface area contributed by atoms with Gasteiger partial charge in [-0.1, -0.05) is 19.9 Å². The summed E-state index contributed by atoms with van der Waals surface area (Å²) in [5, 5.41) is 0. The van der Waals surface area contributed by atoms with Crippen LogP contribution in [-0.4, -0.2) is 22.7 Å². The van der Waals surface area contributed by atoms with E-state index in [1.165, 1.54) is 6.26 Å². The van der Waals surface area contributed by atoms with Gasteiger partial charge in [0.2, 0.25) is 0 Å². The summed E-state index contributed by atoms with van der Waals surface area (Å²) in [6.07, 6.45) is 6.72. The van der Waals surface area contributed by atoms with E-state index in [1.807, 2.05) is 0 Å². The van der Waals surface area contributed by atoms with Crippen molar-refractivity contribution in [1.82, 2.24) is 9.97 Å². The summed E-state index contributed by atoms with van der Waals surface area (Å²) in [6.45, 7) is 6.07. The Labute approximate surface area is 90.0 Å². The fourth-order valence-corrected chi connectivity index (χ4v) is 1.18. The van der Waals surface area contributed by atoms with E-state index < -0.39 is 0 Å². The van der Waals surface area contributed by atoms with Gasteiger partial charge >= 0.3 is 6.01 Å². The van der Waals surface area contributed by atoms with Crippen molar-refractivity contribution in [3.63, 3.8) is 0 Å². The summed E-state index contributed by atoms with van der Waals surface area (Å²) < 4.78 is 10.7. The average Bonchev–Trinajstić information content (AvgIpc) is 2.28. The first-order valence-electron chi connectivity index (χ1n) is 5.03. The van der Waals surface area contributed by atoms with Crippen molar-refractivity contribution in [3.8, 4) is 6.01 Å². The second-order valence-corrected chi connectivity index (χ2v) is 3.06. The Kier molecular flexibility index (Phi) is 5.22. The molecule has 1 unspecified atom stereocenters.